The molecule has 140 valence electrons. The highest BCUT2D eigenvalue weighted by Gasteiger charge is 2.23. The number of likely N-dealkylation sites (N-methyl/N-ethyl adjacent to an activating group) is 2. The number of carbonyl (C=O) groups is 1. The van der Waals surface area contributed by atoms with Gasteiger partial charge in [-0.25, -0.2) is 0 Å². The van der Waals surface area contributed by atoms with Crippen LogP contribution < -0.4 is 14.8 Å². The second-order valence-electron chi connectivity index (χ2n) is 5.02. The number of benzene rings is 1. The van der Waals surface area contributed by atoms with Crippen molar-refractivity contribution in [2.75, 3.05) is 26.7 Å². The summed E-state index contributed by atoms with van der Waals surface area (Å²) >= 11 is 0. The molecule has 0 saturated heterocycles. The van der Waals surface area contributed by atoms with Gasteiger partial charge in [0.1, 0.15) is 0 Å². The van der Waals surface area contributed by atoms with E-state index in [2.05, 4.69) is 10.1 Å². The summed E-state index contributed by atoms with van der Waals surface area (Å²) < 4.78 is 34.1. The molecule has 10 heteroatoms. The van der Waals surface area contributed by atoms with E-state index in [1.54, 1.807) is 18.7 Å². The summed E-state index contributed by atoms with van der Waals surface area (Å²) in [5.41, 5.74) is -0.152. The fourth-order valence-corrected chi connectivity index (χ4v) is 2.21. The molecule has 0 aliphatic carbocycles. The van der Waals surface area contributed by atoms with Crippen LogP contribution in [0.4, 0.5) is 14.5 Å². The number of amides is 1. The Balaban J connectivity index is 3.14. The summed E-state index contributed by atoms with van der Waals surface area (Å²) in [5, 5.41) is 13.9. The van der Waals surface area contributed by atoms with Gasteiger partial charge in [-0.2, -0.15) is 8.78 Å². The minimum atomic E-state index is -3.13. The van der Waals surface area contributed by atoms with Crippen molar-refractivity contribution >= 4 is 11.6 Å². The van der Waals surface area contributed by atoms with Gasteiger partial charge in [0.2, 0.25) is 5.91 Å². The number of alkyl halides is 2. The molecule has 0 unspecified atom stereocenters. The lowest BCUT2D eigenvalue weighted by Gasteiger charge is -2.20. The highest BCUT2D eigenvalue weighted by Crippen LogP contribution is 2.36. The third-order valence-electron chi connectivity index (χ3n) is 3.36. The van der Waals surface area contributed by atoms with E-state index in [1.165, 1.54) is 13.2 Å². The van der Waals surface area contributed by atoms with Crippen molar-refractivity contribution in [3.05, 3.63) is 27.8 Å². The van der Waals surface area contributed by atoms with E-state index in [-0.39, 0.29) is 36.0 Å². The maximum absolute atomic E-state index is 12.5. The first-order chi connectivity index (χ1) is 11.8. The Morgan fingerprint density at radius 1 is 1.36 bits per heavy atom. The molecule has 0 heterocycles. The number of methoxy groups -OCH3 is 1. The molecule has 0 aliphatic heterocycles. The molecule has 1 aromatic rings. The predicted molar refractivity (Wildman–Crippen MR) is 85.9 cm³/mol. The molecule has 0 aliphatic rings. The Hall–Kier alpha value is -2.49. The molecule has 0 atom stereocenters. The van der Waals surface area contributed by atoms with E-state index in [0.717, 1.165) is 6.07 Å². The number of hydrogen-bond donors (Lipinski definition) is 1. The number of carbonyl (C=O) groups excluding carboxylic acids is 1. The van der Waals surface area contributed by atoms with Crippen LogP contribution in [0.15, 0.2) is 12.1 Å². The van der Waals surface area contributed by atoms with Gasteiger partial charge in [0, 0.05) is 18.7 Å². The Morgan fingerprint density at radius 3 is 2.52 bits per heavy atom. The van der Waals surface area contributed by atoms with Gasteiger partial charge in [0.15, 0.2) is 11.5 Å². The Bertz CT molecular complexity index is 613. The topological polar surface area (TPSA) is 93.9 Å². The summed E-state index contributed by atoms with van der Waals surface area (Å²) in [6.45, 7) is 1.52. The van der Waals surface area contributed by atoms with Crippen LogP contribution in [0.25, 0.3) is 0 Å². The number of nitro benzene ring substituents is 1. The maximum atomic E-state index is 12.5. The first kappa shape index (κ1) is 20.6. The number of nitrogens with one attached hydrogen (secondary N) is 1. The van der Waals surface area contributed by atoms with Gasteiger partial charge in [-0.15, -0.1) is 0 Å². The number of nitro groups is 1. The average Bonchev–Trinajstić information content (AvgIpc) is 2.54. The number of hydrogen-bond acceptors (Lipinski definition) is 6. The second-order valence-corrected chi connectivity index (χ2v) is 5.02. The van der Waals surface area contributed by atoms with Crippen LogP contribution in [-0.4, -0.2) is 49.1 Å². The Kier molecular flexibility index (Phi) is 7.99. The molecular weight excluding hydrogens is 340 g/mol. The first-order valence-corrected chi connectivity index (χ1v) is 7.61. The second kappa shape index (κ2) is 9.72. The van der Waals surface area contributed by atoms with Crippen molar-refractivity contribution in [1.29, 1.82) is 0 Å². The van der Waals surface area contributed by atoms with Crippen LogP contribution in [0.3, 0.4) is 0 Å². The zero-order valence-electron chi connectivity index (χ0n) is 14.3. The van der Waals surface area contributed by atoms with Crippen LogP contribution in [-0.2, 0) is 11.3 Å². The fourth-order valence-electron chi connectivity index (χ4n) is 2.21. The molecule has 1 amide bonds. The summed E-state index contributed by atoms with van der Waals surface area (Å²) in [4.78, 5) is 24.0. The largest absolute Gasteiger partial charge is 0.493 e. The van der Waals surface area contributed by atoms with Crippen molar-refractivity contribution in [2.24, 2.45) is 0 Å². The van der Waals surface area contributed by atoms with Crippen molar-refractivity contribution in [1.82, 2.24) is 10.2 Å². The normalized spacial score (nSPS) is 10.8. The Labute approximate surface area is 143 Å². The van der Waals surface area contributed by atoms with E-state index in [0.29, 0.717) is 13.1 Å². The minimum absolute atomic E-state index is 0.0463. The van der Waals surface area contributed by atoms with Crippen LogP contribution >= 0.6 is 0 Å². The SMILES string of the molecule is CCNC(=O)CN(CC)Cc1cc(OC)c(OC(F)F)cc1[N+](=O)[O-]. The third-order valence-corrected chi connectivity index (χ3v) is 3.36. The molecule has 1 N–H and O–H groups in total. The van der Waals surface area contributed by atoms with Crippen LogP contribution in [0.5, 0.6) is 11.5 Å². The standard InChI is InChI=1S/C15H21F2N3O5/c1-4-18-14(21)9-19(5-2)8-10-6-12(24-3)13(25-15(16)17)7-11(10)20(22)23/h6-7,15H,4-5,8-9H2,1-3H3,(H,18,21). The molecule has 1 rings (SSSR count). The fraction of sp³-hybridized carbons (Fsp3) is 0.533. The lowest BCUT2D eigenvalue weighted by atomic mass is 10.1. The summed E-state index contributed by atoms with van der Waals surface area (Å²) in [5.74, 6) is -0.675. The summed E-state index contributed by atoms with van der Waals surface area (Å²) in [6.07, 6.45) is 0. The van der Waals surface area contributed by atoms with E-state index in [1.807, 2.05) is 0 Å². The van der Waals surface area contributed by atoms with E-state index in [9.17, 15) is 23.7 Å². The van der Waals surface area contributed by atoms with Crippen LogP contribution in [0.2, 0.25) is 0 Å². The van der Waals surface area contributed by atoms with Crippen molar-refractivity contribution < 1.29 is 28.0 Å². The lowest BCUT2D eigenvalue weighted by molar-refractivity contribution is -0.385. The summed E-state index contributed by atoms with van der Waals surface area (Å²) in [7, 11) is 1.25. The van der Waals surface area contributed by atoms with Crippen LogP contribution in [0.1, 0.15) is 19.4 Å². The van der Waals surface area contributed by atoms with E-state index in [4.69, 9.17) is 4.74 Å². The van der Waals surface area contributed by atoms with Gasteiger partial charge in [-0.3, -0.25) is 19.8 Å². The number of ether oxygens (including phenoxy) is 2. The zero-order valence-corrected chi connectivity index (χ0v) is 14.3. The summed E-state index contributed by atoms with van der Waals surface area (Å²) in [6, 6.07) is 2.18. The van der Waals surface area contributed by atoms with Gasteiger partial charge in [-0.1, -0.05) is 6.92 Å². The highest BCUT2D eigenvalue weighted by atomic mass is 19.3. The van der Waals surface area contributed by atoms with Gasteiger partial charge >= 0.3 is 6.61 Å². The van der Waals surface area contributed by atoms with Gasteiger partial charge in [-0.05, 0) is 19.5 Å². The molecule has 0 bridgehead atoms. The predicted octanol–water partition coefficient (Wildman–Crippen LogP) is 2.16. The highest BCUT2D eigenvalue weighted by molar-refractivity contribution is 5.77. The molecule has 25 heavy (non-hydrogen) atoms. The van der Waals surface area contributed by atoms with Gasteiger partial charge in [0.25, 0.3) is 5.69 Å². The van der Waals surface area contributed by atoms with Crippen molar-refractivity contribution in [3.8, 4) is 11.5 Å². The molecule has 0 saturated carbocycles. The third kappa shape index (κ3) is 6.14. The number of nitrogens with zero attached hydrogens (tertiary/aromatic N) is 2. The number of halogens is 2. The average molecular weight is 361 g/mol. The monoisotopic (exact) mass is 361 g/mol. The molecule has 0 aromatic heterocycles. The minimum Gasteiger partial charge on any atom is -0.493 e. The molecule has 0 spiro atoms. The lowest BCUT2D eigenvalue weighted by Crippen LogP contribution is -2.36. The molecular formula is C15H21F2N3O5. The maximum Gasteiger partial charge on any atom is 0.387 e. The van der Waals surface area contributed by atoms with Gasteiger partial charge in [0.05, 0.1) is 24.6 Å². The zero-order chi connectivity index (χ0) is 19.0. The quantitative estimate of drug-likeness (QED) is 0.507. The molecule has 0 fully saturated rings. The Morgan fingerprint density at radius 2 is 2.04 bits per heavy atom. The molecule has 8 nitrogen and oxygen atoms in total. The van der Waals surface area contributed by atoms with E-state index < -0.39 is 17.3 Å². The first-order valence-electron chi connectivity index (χ1n) is 7.61. The van der Waals surface area contributed by atoms with Crippen LogP contribution in [0, 0.1) is 10.1 Å². The molecule has 0 radical (unpaired) electrons. The van der Waals surface area contributed by atoms with E-state index >= 15 is 0 Å². The van der Waals surface area contributed by atoms with Crippen molar-refractivity contribution in [2.45, 2.75) is 27.0 Å². The van der Waals surface area contributed by atoms with Crippen molar-refractivity contribution in [3.63, 3.8) is 0 Å². The van der Waals surface area contributed by atoms with Gasteiger partial charge < -0.3 is 14.8 Å². The smallest absolute Gasteiger partial charge is 0.387 e. The molecule has 1 aromatic carbocycles. The number of rotatable bonds is 10.